The smallest absolute Gasteiger partial charge is 0.246 e. The molecule has 1 amide bonds. The first-order chi connectivity index (χ1) is 10.5. The highest BCUT2D eigenvalue weighted by molar-refractivity contribution is 9.10. The highest BCUT2D eigenvalue weighted by atomic mass is 79.9. The van der Waals surface area contributed by atoms with Crippen molar-refractivity contribution in [2.45, 2.75) is 19.9 Å². The molecule has 0 unspecified atom stereocenters. The first-order valence-electron chi connectivity index (χ1n) is 6.97. The van der Waals surface area contributed by atoms with Gasteiger partial charge in [-0.05, 0) is 55.8 Å². The Bertz CT molecular complexity index is 656. The van der Waals surface area contributed by atoms with Crippen LogP contribution in [-0.4, -0.2) is 19.1 Å². The first-order valence-corrected chi connectivity index (χ1v) is 7.76. The zero-order chi connectivity index (χ0) is 16.1. The number of aryl methyl sites for hydroxylation is 1. The van der Waals surface area contributed by atoms with Crippen LogP contribution >= 0.6 is 15.9 Å². The number of hydrogen-bond donors (Lipinski definition) is 2. The maximum Gasteiger partial charge on any atom is 0.246 e. The van der Waals surface area contributed by atoms with Crippen molar-refractivity contribution < 1.29 is 9.53 Å². The van der Waals surface area contributed by atoms with Crippen LogP contribution in [0.3, 0.4) is 0 Å². The van der Waals surface area contributed by atoms with Crippen LogP contribution in [0.15, 0.2) is 46.9 Å². The summed E-state index contributed by atoms with van der Waals surface area (Å²) in [5.74, 6) is 0.611. The van der Waals surface area contributed by atoms with Gasteiger partial charge in [0, 0.05) is 10.2 Å². The average molecular weight is 363 g/mol. The Kier molecular flexibility index (Phi) is 5.44. The van der Waals surface area contributed by atoms with E-state index in [2.05, 4.69) is 26.6 Å². The van der Waals surface area contributed by atoms with Gasteiger partial charge in [0.25, 0.3) is 0 Å². The molecule has 2 N–H and O–H groups in total. The molecule has 0 bridgehead atoms. The molecule has 2 aromatic carbocycles. The largest absolute Gasteiger partial charge is 0.495 e. The van der Waals surface area contributed by atoms with Gasteiger partial charge in [0.2, 0.25) is 5.91 Å². The number of carbonyl (C=O) groups excluding carboxylic acids is 1. The Labute approximate surface area is 139 Å². The van der Waals surface area contributed by atoms with E-state index >= 15 is 0 Å². The summed E-state index contributed by atoms with van der Waals surface area (Å²) in [5, 5.41) is 6.07. The number of rotatable bonds is 5. The molecule has 4 nitrogen and oxygen atoms in total. The van der Waals surface area contributed by atoms with E-state index in [4.69, 9.17) is 4.74 Å². The molecule has 0 radical (unpaired) electrons. The van der Waals surface area contributed by atoms with Gasteiger partial charge in [0.1, 0.15) is 11.8 Å². The van der Waals surface area contributed by atoms with Gasteiger partial charge >= 0.3 is 0 Å². The summed E-state index contributed by atoms with van der Waals surface area (Å²) in [5.41, 5.74) is 2.67. The number of halogens is 1. The second-order valence-corrected chi connectivity index (χ2v) is 5.98. The highest BCUT2D eigenvalue weighted by Crippen LogP contribution is 2.26. The third kappa shape index (κ3) is 4.24. The van der Waals surface area contributed by atoms with Crippen molar-refractivity contribution in [1.82, 2.24) is 0 Å². The van der Waals surface area contributed by atoms with E-state index in [1.807, 2.05) is 56.3 Å². The molecule has 0 heterocycles. The lowest BCUT2D eigenvalue weighted by molar-refractivity contribution is -0.116. The van der Waals surface area contributed by atoms with Gasteiger partial charge in [0.05, 0.1) is 12.8 Å². The standard InChI is InChI=1S/C17H19BrN2O2/c1-11-4-9-16(22-3)15(10-11)19-12(2)17(21)20-14-7-5-13(18)6-8-14/h4-10,12,19H,1-3H3,(H,20,21)/t12-/m1/s1. The van der Waals surface area contributed by atoms with Crippen LogP contribution in [0.1, 0.15) is 12.5 Å². The van der Waals surface area contributed by atoms with Gasteiger partial charge in [-0.25, -0.2) is 0 Å². The van der Waals surface area contributed by atoms with E-state index in [1.165, 1.54) is 0 Å². The van der Waals surface area contributed by atoms with E-state index in [0.29, 0.717) is 5.75 Å². The lowest BCUT2D eigenvalue weighted by Gasteiger charge is -2.18. The minimum atomic E-state index is -0.389. The van der Waals surface area contributed by atoms with Gasteiger partial charge in [-0.2, -0.15) is 0 Å². The van der Waals surface area contributed by atoms with Crippen molar-refractivity contribution in [3.05, 3.63) is 52.5 Å². The van der Waals surface area contributed by atoms with Crippen LogP contribution in [0, 0.1) is 6.92 Å². The molecule has 0 saturated heterocycles. The summed E-state index contributed by atoms with van der Waals surface area (Å²) in [4.78, 5) is 12.3. The quantitative estimate of drug-likeness (QED) is 0.837. The molecule has 2 aromatic rings. The van der Waals surface area contributed by atoms with E-state index in [1.54, 1.807) is 7.11 Å². The molecule has 0 aliphatic carbocycles. The zero-order valence-corrected chi connectivity index (χ0v) is 14.4. The van der Waals surface area contributed by atoms with Gasteiger partial charge in [-0.1, -0.05) is 22.0 Å². The Morgan fingerprint density at radius 2 is 1.86 bits per heavy atom. The molecule has 0 spiro atoms. The summed E-state index contributed by atoms with van der Waals surface area (Å²) in [6, 6.07) is 12.9. The van der Waals surface area contributed by atoms with Gasteiger partial charge < -0.3 is 15.4 Å². The third-order valence-corrected chi connectivity index (χ3v) is 3.76. The maximum atomic E-state index is 12.3. The van der Waals surface area contributed by atoms with Crippen LogP contribution in [0.4, 0.5) is 11.4 Å². The minimum absolute atomic E-state index is 0.106. The molecule has 22 heavy (non-hydrogen) atoms. The number of hydrogen-bond acceptors (Lipinski definition) is 3. The molecular weight excluding hydrogens is 344 g/mol. The molecule has 0 fully saturated rings. The van der Waals surface area contributed by atoms with E-state index in [0.717, 1.165) is 21.4 Å². The van der Waals surface area contributed by atoms with Gasteiger partial charge in [-0.3, -0.25) is 4.79 Å². The summed E-state index contributed by atoms with van der Waals surface area (Å²) in [6.45, 7) is 3.81. The molecule has 5 heteroatoms. The lowest BCUT2D eigenvalue weighted by atomic mass is 10.2. The van der Waals surface area contributed by atoms with Gasteiger partial charge in [0.15, 0.2) is 0 Å². The van der Waals surface area contributed by atoms with Gasteiger partial charge in [-0.15, -0.1) is 0 Å². The second-order valence-electron chi connectivity index (χ2n) is 5.07. The van der Waals surface area contributed by atoms with E-state index < -0.39 is 0 Å². The topological polar surface area (TPSA) is 50.4 Å². The summed E-state index contributed by atoms with van der Waals surface area (Å²) in [6.07, 6.45) is 0. The fraction of sp³-hybridized carbons (Fsp3) is 0.235. The van der Waals surface area contributed by atoms with Crippen LogP contribution in [-0.2, 0) is 4.79 Å². The van der Waals surface area contributed by atoms with E-state index in [-0.39, 0.29) is 11.9 Å². The normalized spacial score (nSPS) is 11.6. The predicted octanol–water partition coefficient (Wildman–Crippen LogP) is 4.21. The first kappa shape index (κ1) is 16.4. The minimum Gasteiger partial charge on any atom is -0.495 e. The fourth-order valence-corrected chi connectivity index (χ4v) is 2.28. The second kappa shape index (κ2) is 7.31. The summed E-state index contributed by atoms with van der Waals surface area (Å²) >= 11 is 3.37. The molecule has 116 valence electrons. The van der Waals surface area contributed by atoms with Crippen LogP contribution in [0.5, 0.6) is 5.75 Å². The molecule has 0 aromatic heterocycles. The van der Waals surface area contributed by atoms with Crippen molar-refractivity contribution in [2.24, 2.45) is 0 Å². The van der Waals surface area contributed by atoms with Crippen LogP contribution in [0.25, 0.3) is 0 Å². The van der Waals surface area contributed by atoms with E-state index in [9.17, 15) is 4.79 Å². The average Bonchev–Trinajstić information content (AvgIpc) is 2.49. The van der Waals surface area contributed by atoms with Crippen LogP contribution in [0.2, 0.25) is 0 Å². The number of carbonyl (C=O) groups is 1. The third-order valence-electron chi connectivity index (χ3n) is 3.23. The summed E-state index contributed by atoms with van der Waals surface area (Å²) < 4.78 is 6.29. The number of ether oxygens (including phenoxy) is 1. The SMILES string of the molecule is COc1ccc(C)cc1N[C@H](C)C(=O)Nc1ccc(Br)cc1. The van der Waals surface area contributed by atoms with Crippen molar-refractivity contribution >= 4 is 33.2 Å². The molecule has 1 atom stereocenters. The zero-order valence-electron chi connectivity index (χ0n) is 12.8. The number of nitrogens with one attached hydrogen (secondary N) is 2. The Morgan fingerprint density at radius 3 is 2.50 bits per heavy atom. The predicted molar refractivity (Wildman–Crippen MR) is 93.6 cm³/mol. The lowest BCUT2D eigenvalue weighted by Crippen LogP contribution is -2.32. The molecular formula is C17H19BrN2O2. The fourth-order valence-electron chi connectivity index (χ4n) is 2.02. The maximum absolute atomic E-state index is 12.3. The number of benzene rings is 2. The molecule has 2 rings (SSSR count). The highest BCUT2D eigenvalue weighted by Gasteiger charge is 2.15. The Hall–Kier alpha value is -2.01. The van der Waals surface area contributed by atoms with Crippen molar-refractivity contribution in [3.8, 4) is 5.75 Å². The Balaban J connectivity index is 2.05. The molecule has 0 aliphatic heterocycles. The number of anilines is 2. The summed E-state index contributed by atoms with van der Waals surface area (Å²) in [7, 11) is 1.61. The van der Waals surface area contributed by atoms with Crippen molar-refractivity contribution in [3.63, 3.8) is 0 Å². The van der Waals surface area contributed by atoms with Crippen molar-refractivity contribution in [1.29, 1.82) is 0 Å². The molecule has 0 aliphatic rings. The monoisotopic (exact) mass is 362 g/mol. The van der Waals surface area contributed by atoms with Crippen molar-refractivity contribution in [2.75, 3.05) is 17.7 Å². The number of methoxy groups -OCH3 is 1. The van der Waals surface area contributed by atoms with Crippen LogP contribution < -0.4 is 15.4 Å². The number of amides is 1. The molecule has 0 saturated carbocycles. The Morgan fingerprint density at radius 1 is 1.18 bits per heavy atom.